The molecule has 2 aromatic carbocycles. The summed E-state index contributed by atoms with van der Waals surface area (Å²) in [6.07, 6.45) is 0.701. The first-order valence-electron chi connectivity index (χ1n) is 5.25. The van der Waals surface area contributed by atoms with Gasteiger partial charge in [0.1, 0.15) is 5.75 Å². The van der Waals surface area contributed by atoms with E-state index in [2.05, 4.69) is 0 Å². The SMILES string of the molecule is O=Cc1ccccc1OB(O)c1ccccc1. The Hall–Kier alpha value is -2.07. The molecule has 2 aromatic rings. The Kier molecular flexibility index (Phi) is 3.57. The number of hydrogen-bond acceptors (Lipinski definition) is 3. The molecule has 17 heavy (non-hydrogen) atoms. The molecule has 0 fully saturated rings. The Bertz CT molecular complexity index is 499. The van der Waals surface area contributed by atoms with Crippen LogP contribution >= 0.6 is 0 Å². The highest BCUT2D eigenvalue weighted by atomic mass is 16.5. The molecule has 84 valence electrons. The van der Waals surface area contributed by atoms with Crippen LogP contribution in [0, 0.1) is 0 Å². The summed E-state index contributed by atoms with van der Waals surface area (Å²) in [5.74, 6) is 0.374. The lowest BCUT2D eigenvalue weighted by molar-refractivity contribution is 0.112. The van der Waals surface area contributed by atoms with Crippen molar-refractivity contribution < 1.29 is 14.5 Å². The summed E-state index contributed by atoms with van der Waals surface area (Å²) in [6.45, 7) is 0. The predicted octanol–water partition coefficient (Wildman–Crippen LogP) is 1.27. The zero-order valence-corrected chi connectivity index (χ0v) is 9.11. The Morgan fingerprint density at radius 1 is 1.00 bits per heavy atom. The molecule has 0 spiro atoms. The normalized spacial score (nSPS) is 9.71. The Balaban J connectivity index is 2.18. The highest BCUT2D eigenvalue weighted by Crippen LogP contribution is 2.15. The van der Waals surface area contributed by atoms with Crippen LogP contribution in [0.25, 0.3) is 0 Å². The van der Waals surface area contributed by atoms with E-state index in [1.54, 1.807) is 36.4 Å². The summed E-state index contributed by atoms with van der Waals surface area (Å²) < 4.78 is 5.35. The maximum absolute atomic E-state index is 10.8. The molecule has 0 saturated heterocycles. The van der Waals surface area contributed by atoms with Gasteiger partial charge in [-0.05, 0) is 17.6 Å². The van der Waals surface area contributed by atoms with Crippen LogP contribution < -0.4 is 10.1 Å². The largest absolute Gasteiger partial charge is 0.560 e. The third kappa shape index (κ3) is 2.74. The lowest BCUT2D eigenvalue weighted by Crippen LogP contribution is -2.36. The molecule has 0 radical (unpaired) electrons. The van der Waals surface area contributed by atoms with Gasteiger partial charge in [-0.2, -0.15) is 0 Å². The zero-order chi connectivity index (χ0) is 12.1. The monoisotopic (exact) mass is 226 g/mol. The molecule has 0 aliphatic heterocycles. The number of para-hydroxylation sites is 1. The van der Waals surface area contributed by atoms with Crippen molar-refractivity contribution in [2.24, 2.45) is 0 Å². The molecule has 0 aliphatic rings. The molecule has 0 atom stereocenters. The van der Waals surface area contributed by atoms with Crippen molar-refractivity contribution in [1.29, 1.82) is 0 Å². The Morgan fingerprint density at radius 3 is 2.35 bits per heavy atom. The quantitative estimate of drug-likeness (QED) is 0.630. The number of rotatable bonds is 4. The van der Waals surface area contributed by atoms with Gasteiger partial charge in [0.25, 0.3) is 0 Å². The summed E-state index contributed by atoms with van der Waals surface area (Å²) in [5.41, 5.74) is 1.07. The van der Waals surface area contributed by atoms with Crippen molar-refractivity contribution in [3.05, 3.63) is 60.2 Å². The number of carbonyl (C=O) groups is 1. The van der Waals surface area contributed by atoms with Gasteiger partial charge in [0.15, 0.2) is 6.29 Å². The number of hydrogen-bond donors (Lipinski definition) is 1. The molecule has 0 aliphatic carbocycles. The van der Waals surface area contributed by atoms with Gasteiger partial charge in [0, 0.05) is 0 Å². The summed E-state index contributed by atoms with van der Waals surface area (Å²) >= 11 is 0. The van der Waals surface area contributed by atoms with E-state index in [1.165, 1.54) is 0 Å². The lowest BCUT2D eigenvalue weighted by Gasteiger charge is -2.11. The first-order valence-corrected chi connectivity index (χ1v) is 5.25. The molecule has 3 nitrogen and oxygen atoms in total. The molecular formula is C13H11BO3. The second-order valence-corrected chi connectivity index (χ2v) is 3.54. The van der Waals surface area contributed by atoms with Gasteiger partial charge < -0.3 is 9.68 Å². The minimum atomic E-state index is -1.07. The van der Waals surface area contributed by atoms with Crippen LogP contribution in [0.2, 0.25) is 0 Å². The molecule has 0 unspecified atom stereocenters. The first-order chi connectivity index (χ1) is 8.31. The van der Waals surface area contributed by atoms with E-state index >= 15 is 0 Å². The highest BCUT2D eigenvalue weighted by molar-refractivity contribution is 6.60. The molecular weight excluding hydrogens is 215 g/mol. The van der Waals surface area contributed by atoms with Crippen LogP contribution in [0.5, 0.6) is 5.75 Å². The minimum Gasteiger partial charge on any atom is -0.532 e. The summed E-state index contributed by atoms with van der Waals surface area (Å²) in [6, 6.07) is 15.8. The van der Waals surface area contributed by atoms with Crippen LogP contribution in [0.1, 0.15) is 10.4 Å². The average Bonchev–Trinajstić information content (AvgIpc) is 2.40. The topological polar surface area (TPSA) is 46.5 Å². The zero-order valence-electron chi connectivity index (χ0n) is 9.11. The van der Waals surface area contributed by atoms with Crippen LogP contribution in [0.4, 0.5) is 0 Å². The molecule has 1 N–H and O–H groups in total. The van der Waals surface area contributed by atoms with E-state index in [9.17, 15) is 9.82 Å². The third-order valence-electron chi connectivity index (χ3n) is 2.37. The third-order valence-corrected chi connectivity index (χ3v) is 2.37. The van der Waals surface area contributed by atoms with Gasteiger partial charge in [0.2, 0.25) is 0 Å². The smallest absolute Gasteiger partial charge is 0.532 e. The second-order valence-electron chi connectivity index (χ2n) is 3.54. The van der Waals surface area contributed by atoms with Crippen molar-refractivity contribution in [1.82, 2.24) is 0 Å². The minimum absolute atomic E-state index is 0.374. The fourth-order valence-corrected chi connectivity index (χ4v) is 1.49. The summed E-state index contributed by atoms with van der Waals surface area (Å²) in [7, 11) is -1.07. The van der Waals surface area contributed by atoms with Crippen molar-refractivity contribution in [3.8, 4) is 5.75 Å². The van der Waals surface area contributed by atoms with Gasteiger partial charge in [-0.3, -0.25) is 4.79 Å². The standard InChI is InChI=1S/C13H11BO3/c15-10-11-6-4-5-9-13(11)17-14(16)12-7-2-1-3-8-12/h1-10,16H. The highest BCUT2D eigenvalue weighted by Gasteiger charge is 2.19. The van der Waals surface area contributed by atoms with Gasteiger partial charge in [0.05, 0.1) is 5.56 Å². The van der Waals surface area contributed by atoms with E-state index in [1.807, 2.05) is 18.2 Å². The second kappa shape index (κ2) is 5.32. The van der Waals surface area contributed by atoms with Gasteiger partial charge in [-0.15, -0.1) is 0 Å². The van der Waals surface area contributed by atoms with Crippen molar-refractivity contribution >= 4 is 18.9 Å². The fourth-order valence-electron chi connectivity index (χ4n) is 1.49. The van der Waals surface area contributed by atoms with Crippen LogP contribution in [0.15, 0.2) is 54.6 Å². The first kappa shape index (κ1) is 11.4. The number of carbonyl (C=O) groups excluding carboxylic acids is 1. The van der Waals surface area contributed by atoms with E-state index in [0.29, 0.717) is 23.1 Å². The summed E-state index contributed by atoms with van der Waals surface area (Å²) in [5, 5.41) is 9.86. The Morgan fingerprint density at radius 2 is 1.65 bits per heavy atom. The van der Waals surface area contributed by atoms with Gasteiger partial charge in [-0.1, -0.05) is 42.5 Å². The fraction of sp³-hybridized carbons (Fsp3) is 0. The van der Waals surface area contributed by atoms with E-state index in [0.717, 1.165) is 0 Å². The maximum Gasteiger partial charge on any atom is 0.560 e. The number of aldehydes is 1. The maximum atomic E-state index is 10.8. The van der Waals surface area contributed by atoms with Crippen molar-refractivity contribution in [2.75, 3.05) is 0 Å². The van der Waals surface area contributed by atoms with E-state index < -0.39 is 7.12 Å². The van der Waals surface area contributed by atoms with Gasteiger partial charge >= 0.3 is 7.12 Å². The molecule has 2 rings (SSSR count). The molecule has 0 heterocycles. The molecule has 0 aromatic heterocycles. The average molecular weight is 226 g/mol. The predicted molar refractivity (Wildman–Crippen MR) is 66.5 cm³/mol. The van der Waals surface area contributed by atoms with Crippen molar-refractivity contribution in [2.45, 2.75) is 0 Å². The molecule has 0 bridgehead atoms. The van der Waals surface area contributed by atoms with Crippen molar-refractivity contribution in [3.63, 3.8) is 0 Å². The van der Waals surface area contributed by atoms with Crippen LogP contribution in [-0.2, 0) is 0 Å². The van der Waals surface area contributed by atoms with Crippen LogP contribution in [-0.4, -0.2) is 18.4 Å². The van der Waals surface area contributed by atoms with Gasteiger partial charge in [-0.25, -0.2) is 0 Å². The number of benzene rings is 2. The molecule has 0 amide bonds. The Labute approximate surface area is 99.8 Å². The lowest BCUT2D eigenvalue weighted by atomic mass is 9.79. The van der Waals surface area contributed by atoms with E-state index in [-0.39, 0.29) is 0 Å². The molecule has 4 heteroatoms. The van der Waals surface area contributed by atoms with E-state index in [4.69, 9.17) is 4.65 Å². The van der Waals surface area contributed by atoms with Crippen LogP contribution in [0.3, 0.4) is 0 Å². The summed E-state index contributed by atoms with van der Waals surface area (Å²) in [4.78, 5) is 10.8. The molecule has 0 saturated carbocycles.